The number of aromatic nitrogens is 1. The SMILES string of the molecule is CN(C)C(=O)c1ccc(NCC(=O)N2CCCCC2)nc1. The molecule has 0 spiro atoms. The van der Waals surface area contributed by atoms with Crippen LogP contribution in [0.1, 0.15) is 29.6 Å². The molecule has 1 aromatic rings. The van der Waals surface area contributed by atoms with E-state index in [2.05, 4.69) is 10.3 Å². The Bertz CT molecular complexity index is 493. The molecule has 1 N–H and O–H groups in total. The van der Waals surface area contributed by atoms with E-state index in [1.54, 1.807) is 26.2 Å². The predicted molar refractivity (Wildman–Crippen MR) is 81.2 cm³/mol. The molecule has 6 nitrogen and oxygen atoms in total. The normalized spacial score (nSPS) is 14.7. The Morgan fingerprint density at radius 3 is 2.52 bits per heavy atom. The molecular weight excluding hydrogens is 268 g/mol. The van der Waals surface area contributed by atoms with Gasteiger partial charge in [-0.1, -0.05) is 0 Å². The number of hydrogen-bond donors (Lipinski definition) is 1. The van der Waals surface area contributed by atoms with E-state index >= 15 is 0 Å². The smallest absolute Gasteiger partial charge is 0.254 e. The average molecular weight is 290 g/mol. The summed E-state index contributed by atoms with van der Waals surface area (Å²) in [5.74, 6) is 0.624. The number of anilines is 1. The van der Waals surface area contributed by atoms with Gasteiger partial charge in [-0.25, -0.2) is 4.98 Å². The quantitative estimate of drug-likeness (QED) is 0.905. The Kier molecular flexibility index (Phi) is 5.14. The van der Waals surface area contributed by atoms with E-state index in [0.29, 0.717) is 11.4 Å². The molecule has 21 heavy (non-hydrogen) atoms. The first kappa shape index (κ1) is 15.3. The molecule has 1 aliphatic rings. The minimum absolute atomic E-state index is 0.0848. The van der Waals surface area contributed by atoms with Crippen LogP contribution in [0.3, 0.4) is 0 Å². The molecule has 0 radical (unpaired) electrons. The fourth-order valence-corrected chi connectivity index (χ4v) is 2.30. The molecule has 1 saturated heterocycles. The molecule has 0 aromatic carbocycles. The number of rotatable bonds is 4. The second-order valence-electron chi connectivity index (χ2n) is 5.43. The molecule has 0 unspecified atom stereocenters. The van der Waals surface area contributed by atoms with Gasteiger partial charge in [-0.15, -0.1) is 0 Å². The van der Waals surface area contributed by atoms with Crippen LogP contribution in [0.25, 0.3) is 0 Å². The molecule has 6 heteroatoms. The minimum atomic E-state index is -0.0848. The van der Waals surface area contributed by atoms with E-state index in [0.717, 1.165) is 25.9 Å². The standard InChI is InChI=1S/C15H22N4O2/c1-18(2)15(21)12-6-7-13(16-10-12)17-11-14(20)19-8-4-3-5-9-19/h6-7,10H,3-5,8-9,11H2,1-2H3,(H,16,17). The van der Waals surface area contributed by atoms with E-state index in [4.69, 9.17) is 0 Å². The Morgan fingerprint density at radius 2 is 1.95 bits per heavy atom. The third kappa shape index (κ3) is 4.18. The lowest BCUT2D eigenvalue weighted by molar-refractivity contribution is -0.130. The molecule has 1 aromatic heterocycles. The summed E-state index contributed by atoms with van der Waals surface area (Å²) in [6.45, 7) is 1.95. The van der Waals surface area contributed by atoms with Crippen molar-refractivity contribution in [2.24, 2.45) is 0 Å². The van der Waals surface area contributed by atoms with E-state index in [1.807, 2.05) is 4.90 Å². The van der Waals surface area contributed by atoms with Gasteiger partial charge in [0.2, 0.25) is 5.91 Å². The lowest BCUT2D eigenvalue weighted by Crippen LogP contribution is -2.39. The maximum atomic E-state index is 12.0. The molecule has 0 aliphatic carbocycles. The van der Waals surface area contributed by atoms with Crippen LogP contribution in [0.2, 0.25) is 0 Å². The average Bonchev–Trinajstić information content (AvgIpc) is 2.53. The van der Waals surface area contributed by atoms with E-state index in [9.17, 15) is 9.59 Å². The van der Waals surface area contributed by atoms with Crippen LogP contribution in [-0.2, 0) is 4.79 Å². The Balaban J connectivity index is 1.86. The van der Waals surface area contributed by atoms with Crippen LogP contribution in [0.5, 0.6) is 0 Å². The van der Waals surface area contributed by atoms with Gasteiger partial charge in [0.05, 0.1) is 12.1 Å². The highest BCUT2D eigenvalue weighted by Gasteiger charge is 2.16. The van der Waals surface area contributed by atoms with Crippen molar-refractivity contribution in [3.05, 3.63) is 23.9 Å². The van der Waals surface area contributed by atoms with Crippen molar-refractivity contribution in [3.8, 4) is 0 Å². The van der Waals surface area contributed by atoms with Crippen molar-refractivity contribution < 1.29 is 9.59 Å². The zero-order chi connectivity index (χ0) is 15.2. The molecule has 114 valence electrons. The molecule has 2 rings (SSSR count). The number of amides is 2. The topological polar surface area (TPSA) is 65.5 Å². The molecule has 0 atom stereocenters. The number of pyridine rings is 1. The number of hydrogen-bond acceptors (Lipinski definition) is 4. The van der Waals surface area contributed by atoms with E-state index in [-0.39, 0.29) is 18.4 Å². The number of carbonyl (C=O) groups is 2. The maximum Gasteiger partial charge on any atom is 0.254 e. The van der Waals surface area contributed by atoms with Crippen LogP contribution in [0, 0.1) is 0 Å². The Hall–Kier alpha value is -2.11. The van der Waals surface area contributed by atoms with Gasteiger partial charge in [-0.3, -0.25) is 9.59 Å². The van der Waals surface area contributed by atoms with Crippen LogP contribution < -0.4 is 5.32 Å². The number of carbonyl (C=O) groups excluding carboxylic acids is 2. The largest absolute Gasteiger partial charge is 0.361 e. The summed E-state index contributed by atoms with van der Waals surface area (Å²) >= 11 is 0. The van der Waals surface area contributed by atoms with E-state index in [1.165, 1.54) is 17.5 Å². The maximum absolute atomic E-state index is 12.0. The number of nitrogens with zero attached hydrogens (tertiary/aromatic N) is 3. The Morgan fingerprint density at radius 1 is 1.24 bits per heavy atom. The molecule has 1 aliphatic heterocycles. The summed E-state index contributed by atoms with van der Waals surface area (Å²) in [7, 11) is 3.40. The highest BCUT2D eigenvalue weighted by atomic mass is 16.2. The van der Waals surface area contributed by atoms with Gasteiger partial charge in [0.25, 0.3) is 5.91 Å². The van der Waals surface area contributed by atoms with Crippen molar-refractivity contribution in [1.29, 1.82) is 0 Å². The highest BCUT2D eigenvalue weighted by molar-refractivity contribution is 5.93. The third-order valence-corrected chi connectivity index (χ3v) is 3.55. The molecule has 0 saturated carbocycles. The van der Waals surface area contributed by atoms with Crippen molar-refractivity contribution in [2.75, 3.05) is 39.0 Å². The second kappa shape index (κ2) is 7.06. The first-order chi connectivity index (χ1) is 10.1. The number of likely N-dealkylation sites (tertiary alicyclic amines) is 1. The molecule has 2 amide bonds. The van der Waals surface area contributed by atoms with Crippen LogP contribution >= 0.6 is 0 Å². The van der Waals surface area contributed by atoms with Crippen LogP contribution in [-0.4, -0.2) is 60.3 Å². The predicted octanol–water partition coefficient (Wildman–Crippen LogP) is 1.21. The lowest BCUT2D eigenvalue weighted by Gasteiger charge is -2.26. The van der Waals surface area contributed by atoms with Crippen molar-refractivity contribution >= 4 is 17.6 Å². The Labute approximate surface area is 125 Å². The number of piperidine rings is 1. The second-order valence-corrected chi connectivity index (χ2v) is 5.43. The summed E-state index contributed by atoms with van der Waals surface area (Å²) in [6, 6.07) is 3.43. The fraction of sp³-hybridized carbons (Fsp3) is 0.533. The van der Waals surface area contributed by atoms with Gasteiger partial charge in [-0.2, -0.15) is 0 Å². The first-order valence-corrected chi connectivity index (χ1v) is 7.27. The van der Waals surface area contributed by atoms with E-state index < -0.39 is 0 Å². The minimum Gasteiger partial charge on any atom is -0.361 e. The van der Waals surface area contributed by atoms with Crippen molar-refractivity contribution in [1.82, 2.24) is 14.8 Å². The van der Waals surface area contributed by atoms with Crippen LogP contribution in [0.15, 0.2) is 18.3 Å². The summed E-state index contributed by atoms with van der Waals surface area (Å²) < 4.78 is 0. The lowest BCUT2D eigenvalue weighted by atomic mass is 10.1. The van der Waals surface area contributed by atoms with Gasteiger partial charge < -0.3 is 15.1 Å². The molecule has 2 heterocycles. The zero-order valence-electron chi connectivity index (χ0n) is 12.6. The van der Waals surface area contributed by atoms with Gasteiger partial charge >= 0.3 is 0 Å². The van der Waals surface area contributed by atoms with Gasteiger partial charge in [-0.05, 0) is 31.4 Å². The number of nitrogens with one attached hydrogen (secondary N) is 1. The van der Waals surface area contributed by atoms with Crippen LogP contribution in [0.4, 0.5) is 5.82 Å². The third-order valence-electron chi connectivity index (χ3n) is 3.55. The fourth-order valence-electron chi connectivity index (χ4n) is 2.30. The highest BCUT2D eigenvalue weighted by Crippen LogP contribution is 2.10. The summed E-state index contributed by atoms with van der Waals surface area (Å²) in [4.78, 5) is 31.3. The van der Waals surface area contributed by atoms with Gasteiger partial charge in [0.1, 0.15) is 5.82 Å². The van der Waals surface area contributed by atoms with Gasteiger partial charge in [0, 0.05) is 33.4 Å². The monoisotopic (exact) mass is 290 g/mol. The summed E-state index contributed by atoms with van der Waals surface area (Å²) in [5, 5.41) is 3.01. The summed E-state index contributed by atoms with van der Waals surface area (Å²) in [5.41, 5.74) is 0.535. The van der Waals surface area contributed by atoms with Gasteiger partial charge in [0.15, 0.2) is 0 Å². The van der Waals surface area contributed by atoms with Crippen molar-refractivity contribution in [2.45, 2.75) is 19.3 Å². The summed E-state index contributed by atoms with van der Waals surface area (Å²) in [6.07, 6.45) is 4.91. The first-order valence-electron chi connectivity index (χ1n) is 7.27. The molecule has 0 bridgehead atoms. The van der Waals surface area contributed by atoms with Crippen molar-refractivity contribution in [3.63, 3.8) is 0 Å². The zero-order valence-corrected chi connectivity index (χ0v) is 12.6. The molecular formula is C15H22N4O2. The molecule has 1 fully saturated rings.